The Bertz CT molecular complexity index is 543. The van der Waals surface area contributed by atoms with Gasteiger partial charge in [0.25, 0.3) is 0 Å². The first-order valence-electron chi connectivity index (χ1n) is 11.3. The minimum atomic E-state index is 0.546. The maximum absolute atomic E-state index is 2.94. The second-order valence-electron chi connectivity index (χ2n) is 9.70. The van der Waals surface area contributed by atoms with E-state index in [9.17, 15) is 0 Å². The van der Waals surface area contributed by atoms with E-state index in [1.807, 2.05) is 16.7 Å². The largest absolute Gasteiger partial charge is 0.0702 e. The van der Waals surface area contributed by atoms with Crippen molar-refractivity contribution in [1.29, 1.82) is 0 Å². The van der Waals surface area contributed by atoms with E-state index in [1.54, 1.807) is 32.1 Å². The molecule has 3 fully saturated rings. The first-order chi connectivity index (χ1) is 11.8. The number of rotatable bonds is 2. The van der Waals surface area contributed by atoms with E-state index < -0.39 is 0 Å². The van der Waals surface area contributed by atoms with Crippen molar-refractivity contribution in [3.8, 4) is 0 Å². The predicted octanol–water partition coefficient (Wildman–Crippen LogP) is 7.21. The predicted molar refractivity (Wildman–Crippen MR) is 102 cm³/mol. The zero-order valence-electron chi connectivity index (χ0n) is 15.8. The SMILES string of the molecule is CCCC1=CC2(C3=C1CCCCC3)C1CCCC1CC1CCCC12. The van der Waals surface area contributed by atoms with E-state index in [4.69, 9.17) is 0 Å². The summed E-state index contributed by atoms with van der Waals surface area (Å²) in [5, 5.41) is 0. The van der Waals surface area contributed by atoms with Crippen molar-refractivity contribution < 1.29 is 0 Å². The monoisotopic (exact) mass is 324 g/mol. The third-order valence-corrected chi connectivity index (χ3v) is 8.71. The van der Waals surface area contributed by atoms with E-state index in [0.717, 1.165) is 23.7 Å². The standard InChI is InChI=1S/C24H36/c1-2-8-19-16-24(23-12-5-3-4-11-20(19)23)21-13-6-9-17(21)15-18-10-7-14-22(18)24/h16-18,21-22H,2-15H2,1H3. The maximum Gasteiger partial charge on any atom is 0.0164 e. The fourth-order valence-electron chi connectivity index (χ4n) is 8.09. The van der Waals surface area contributed by atoms with Crippen LogP contribution in [0.15, 0.2) is 22.8 Å². The van der Waals surface area contributed by atoms with Crippen LogP contribution < -0.4 is 0 Å². The Hall–Kier alpha value is -0.520. The Morgan fingerprint density at radius 1 is 0.875 bits per heavy atom. The minimum Gasteiger partial charge on any atom is -0.0702 e. The van der Waals surface area contributed by atoms with E-state index in [0.29, 0.717) is 5.41 Å². The van der Waals surface area contributed by atoms with Gasteiger partial charge >= 0.3 is 0 Å². The van der Waals surface area contributed by atoms with Crippen LogP contribution in [0.4, 0.5) is 0 Å². The van der Waals surface area contributed by atoms with Crippen LogP contribution in [-0.4, -0.2) is 0 Å². The molecule has 0 aromatic heterocycles. The van der Waals surface area contributed by atoms with Gasteiger partial charge in [-0.15, -0.1) is 0 Å². The molecule has 0 saturated heterocycles. The van der Waals surface area contributed by atoms with E-state index in [2.05, 4.69) is 13.0 Å². The molecule has 24 heavy (non-hydrogen) atoms. The van der Waals surface area contributed by atoms with Crippen molar-refractivity contribution in [1.82, 2.24) is 0 Å². The summed E-state index contributed by atoms with van der Waals surface area (Å²) in [6.45, 7) is 2.39. The lowest BCUT2D eigenvalue weighted by Gasteiger charge is -2.52. The highest BCUT2D eigenvalue weighted by atomic mass is 14.6. The van der Waals surface area contributed by atoms with Crippen LogP contribution >= 0.6 is 0 Å². The van der Waals surface area contributed by atoms with Crippen molar-refractivity contribution in [2.75, 3.05) is 0 Å². The zero-order chi connectivity index (χ0) is 16.1. The van der Waals surface area contributed by atoms with Crippen LogP contribution in [0.1, 0.15) is 96.8 Å². The fraction of sp³-hybridized carbons (Fsp3) is 0.833. The molecule has 132 valence electrons. The highest BCUT2D eigenvalue weighted by Crippen LogP contribution is 2.68. The molecule has 0 nitrogen and oxygen atoms in total. The van der Waals surface area contributed by atoms with Crippen LogP contribution in [-0.2, 0) is 0 Å². The lowest BCUT2D eigenvalue weighted by atomic mass is 9.52. The Morgan fingerprint density at radius 2 is 1.58 bits per heavy atom. The Balaban J connectivity index is 1.66. The Kier molecular flexibility index (Phi) is 3.95. The van der Waals surface area contributed by atoms with Crippen molar-refractivity contribution in [2.24, 2.45) is 29.1 Å². The van der Waals surface area contributed by atoms with Crippen LogP contribution in [0.5, 0.6) is 0 Å². The van der Waals surface area contributed by atoms with Gasteiger partial charge in [-0.1, -0.05) is 57.1 Å². The quantitative estimate of drug-likeness (QED) is 0.503. The summed E-state index contributed by atoms with van der Waals surface area (Å²) in [5.74, 6) is 4.18. The number of allylic oxidation sites excluding steroid dienone is 4. The van der Waals surface area contributed by atoms with Crippen LogP contribution in [0.3, 0.4) is 0 Å². The van der Waals surface area contributed by atoms with Gasteiger partial charge in [-0.05, 0) is 86.2 Å². The Labute approximate surface area is 149 Å². The molecule has 0 bridgehead atoms. The third-order valence-electron chi connectivity index (χ3n) is 8.71. The van der Waals surface area contributed by atoms with Crippen LogP contribution in [0, 0.1) is 29.1 Å². The van der Waals surface area contributed by atoms with Gasteiger partial charge in [0.05, 0.1) is 0 Å². The maximum atomic E-state index is 2.94. The number of hydrogen-bond acceptors (Lipinski definition) is 0. The smallest absolute Gasteiger partial charge is 0.0164 e. The molecule has 5 aliphatic rings. The second kappa shape index (κ2) is 6.03. The van der Waals surface area contributed by atoms with Gasteiger partial charge in [-0.25, -0.2) is 0 Å². The van der Waals surface area contributed by atoms with Crippen molar-refractivity contribution >= 4 is 0 Å². The highest BCUT2D eigenvalue weighted by Gasteiger charge is 2.59. The molecule has 1 spiro atoms. The molecular weight excluding hydrogens is 288 g/mol. The molecule has 0 aromatic carbocycles. The van der Waals surface area contributed by atoms with Crippen molar-refractivity contribution in [3.63, 3.8) is 0 Å². The molecule has 0 radical (unpaired) electrons. The van der Waals surface area contributed by atoms with Crippen molar-refractivity contribution in [3.05, 3.63) is 22.8 Å². The van der Waals surface area contributed by atoms with Crippen molar-refractivity contribution in [2.45, 2.75) is 96.8 Å². The number of fused-ring (bicyclic) bond motifs is 5. The minimum absolute atomic E-state index is 0.546. The summed E-state index contributed by atoms with van der Waals surface area (Å²) >= 11 is 0. The lowest BCUT2D eigenvalue weighted by Crippen LogP contribution is -2.45. The first-order valence-corrected chi connectivity index (χ1v) is 11.3. The van der Waals surface area contributed by atoms with Crippen LogP contribution in [0.25, 0.3) is 0 Å². The molecule has 0 amide bonds. The lowest BCUT2D eigenvalue weighted by molar-refractivity contribution is 0.0368. The molecule has 5 aliphatic carbocycles. The summed E-state index contributed by atoms with van der Waals surface area (Å²) in [6.07, 6.45) is 23.7. The number of hydrogen-bond donors (Lipinski definition) is 0. The van der Waals surface area contributed by atoms with Crippen LogP contribution in [0.2, 0.25) is 0 Å². The molecule has 0 aromatic rings. The summed E-state index contributed by atoms with van der Waals surface area (Å²) < 4.78 is 0. The van der Waals surface area contributed by atoms with E-state index in [1.165, 1.54) is 57.8 Å². The van der Waals surface area contributed by atoms with Gasteiger partial charge in [0.1, 0.15) is 0 Å². The topological polar surface area (TPSA) is 0 Å². The summed E-state index contributed by atoms with van der Waals surface area (Å²) in [4.78, 5) is 0. The van der Waals surface area contributed by atoms with Gasteiger partial charge < -0.3 is 0 Å². The molecule has 0 N–H and O–H groups in total. The van der Waals surface area contributed by atoms with E-state index in [-0.39, 0.29) is 0 Å². The molecular formula is C24H36. The summed E-state index contributed by atoms with van der Waals surface area (Å²) in [5.41, 5.74) is 6.28. The average Bonchev–Trinajstić information content (AvgIpc) is 3.25. The molecule has 5 rings (SSSR count). The zero-order valence-corrected chi connectivity index (χ0v) is 15.8. The molecule has 0 aliphatic heterocycles. The molecule has 3 saturated carbocycles. The second-order valence-corrected chi connectivity index (χ2v) is 9.70. The molecule has 0 heteroatoms. The molecule has 4 unspecified atom stereocenters. The fourth-order valence-corrected chi connectivity index (χ4v) is 8.09. The van der Waals surface area contributed by atoms with Gasteiger partial charge in [0.2, 0.25) is 0 Å². The van der Waals surface area contributed by atoms with Gasteiger partial charge in [-0.3, -0.25) is 0 Å². The molecule has 4 atom stereocenters. The summed E-state index contributed by atoms with van der Waals surface area (Å²) in [7, 11) is 0. The average molecular weight is 325 g/mol. The van der Waals surface area contributed by atoms with E-state index >= 15 is 0 Å². The normalized spacial score (nSPS) is 44.3. The third kappa shape index (κ3) is 2.10. The first kappa shape index (κ1) is 15.7. The molecule has 0 heterocycles. The van der Waals surface area contributed by atoms with Gasteiger partial charge in [0, 0.05) is 5.41 Å². The Morgan fingerprint density at radius 3 is 2.29 bits per heavy atom. The van der Waals surface area contributed by atoms with Gasteiger partial charge in [-0.2, -0.15) is 0 Å². The van der Waals surface area contributed by atoms with Gasteiger partial charge in [0.15, 0.2) is 0 Å². The highest BCUT2D eigenvalue weighted by molar-refractivity contribution is 5.51. The summed E-state index contributed by atoms with van der Waals surface area (Å²) in [6, 6.07) is 0.